The summed E-state index contributed by atoms with van der Waals surface area (Å²) < 4.78 is 38.0. The van der Waals surface area contributed by atoms with E-state index in [1.54, 1.807) is 19.1 Å². The van der Waals surface area contributed by atoms with Crippen molar-refractivity contribution in [1.82, 2.24) is 0 Å². The summed E-state index contributed by atoms with van der Waals surface area (Å²) in [4.78, 5) is 0. The highest BCUT2D eigenvalue weighted by molar-refractivity contribution is 5.18. The molecule has 0 radical (unpaired) electrons. The minimum absolute atomic E-state index is 0.384. The third-order valence-electron chi connectivity index (χ3n) is 2.76. The van der Waals surface area contributed by atoms with Gasteiger partial charge in [0.2, 0.25) is 0 Å². The van der Waals surface area contributed by atoms with Crippen LogP contribution < -0.4 is 5.73 Å². The second-order valence-corrected chi connectivity index (χ2v) is 3.78. The maximum Gasteiger partial charge on any atom is 0.419 e. The van der Waals surface area contributed by atoms with E-state index >= 15 is 0 Å². The Morgan fingerprint density at radius 2 is 1.80 bits per heavy atom. The van der Waals surface area contributed by atoms with E-state index in [1.165, 1.54) is 12.2 Å². The van der Waals surface area contributed by atoms with Gasteiger partial charge in [-0.05, 0) is 5.92 Å². The molecule has 5 heteroatoms. The number of alkyl halides is 3. The van der Waals surface area contributed by atoms with E-state index in [9.17, 15) is 18.3 Å². The third kappa shape index (κ3) is 2.08. The summed E-state index contributed by atoms with van der Waals surface area (Å²) in [6.45, 7) is 0.792. The molecule has 0 bridgehead atoms. The largest absolute Gasteiger partial charge is 0.419 e. The van der Waals surface area contributed by atoms with E-state index in [2.05, 4.69) is 0 Å². The number of hydrogen-bond donors (Lipinski definition) is 2. The molecule has 3 unspecified atom stereocenters. The van der Waals surface area contributed by atoms with E-state index in [4.69, 9.17) is 5.73 Å². The Hall–Kier alpha value is -0.810. The molecule has 3 atom stereocenters. The SMILES string of the molecule is CC1C=CC=CC1C(O)(CN)C(F)(F)F. The normalized spacial score (nSPS) is 30.3. The summed E-state index contributed by atoms with van der Waals surface area (Å²) >= 11 is 0. The fraction of sp³-hybridized carbons (Fsp3) is 0.600. The average molecular weight is 221 g/mol. The Kier molecular flexibility index (Phi) is 3.25. The zero-order valence-electron chi connectivity index (χ0n) is 8.33. The second kappa shape index (κ2) is 3.98. The molecular weight excluding hydrogens is 207 g/mol. The van der Waals surface area contributed by atoms with Crippen LogP contribution in [-0.2, 0) is 0 Å². The topological polar surface area (TPSA) is 46.2 Å². The molecule has 0 saturated carbocycles. The van der Waals surface area contributed by atoms with Gasteiger partial charge < -0.3 is 10.8 Å². The van der Waals surface area contributed by atoms with Gasteiger partial charge in [0, 0.05) is 12.5 Å². The van der Waals surface area contributed by atoms with Gasteiger partial charge in [0.1, 0.15) is 0 Å². The fourth-order valence-electron chi connectivity index (χ4n) is 1.75. The van der Waals surface area contributed by atoms with Gasteiger partial charge >= 0.3 is 6.18 Å². The van der Waals surface area contributed by atoms with Crippen molar-refractivity contribution in [3.63, 3.8) is 0 Å². The van der Waals surface area contributed by atoms with Crippen LogP contribution in [0.2, 0.25) is 0 Å². The summed E-state index contributed by atoms with van der Waals surface area (Å²) in [5, 5.41) is 9.62. The maximum atomic E-state index is 12.7. The van der Waals surface area contributed by atoms with Gasteiger partial charge in [-0.2, -0.15) is 13.2 Å². The lowest BCUT2D eigenvalue weighted by Gasteiger charge is -2.38. The quantitative estimate of drug-likeness (QED) is 0.744. The van der Waals surface area contributed by atoms with Crippen LogP contribution in [0.25, 0.3) is 0 Å². The number of allylic oxidation sites excluding steroid dienone is 3. The van der Waals surface area contributed by atoms with Crippen LogP contribution in [0.3, 0.4) is 0 Å². The number of nitrogens with two attached hydrogens (primary N) is 1. The predicted octanol–water partition coefficient (Wildman–Crippen LogP) is 1.62. The van der Waals surface area contributed by atoms with Crippen LogP contribution in [0.1, 0.15) is 6.92 Å². The first-order valence-electron chi connectivity index (χ1n) is 4.67. The van der Waals surface area contributed by atoms with Gasteiger partial charge in [0.15, 0.2) is 5.60 Å². The molecule has 3 N–H and O–H groups in total. The second-order valence-electron chi connectivity index (χ2n) is 3.78. The predicted molar refractivity (Wildman–Crippen MR) is 51.0 cm³/mol. The van der Waals surface area contributed by atoms with Crippen molar-refractivity contribution in [1.29, 1.82) is 0 Å². The monoisotopic (exact) mass is 221 g/mol. The summed E-state index contributed by atoms with van der Waals surface area (Å²) in [5.74, 6) is -1.40. The number of aliphatic hydroxyl groups is 1. The standard InChI is InChI=1S/C10H14F3NO/c1-7-4-2-3-5-8(7)9(15,6-14)10(11,12)13/h2-5,7-8,15H,6,14H2,1H3. The minimum atomic E-state index is -4.71. The molecule has 0 aromatic carbocycles. The summed E-state index contributed by atoms with van der Waals surface area (Å²) in [5.41, 5.74) is 2.22. The van der Waals surface area contributed by atoms with Crippen molar-refractivity contribution < 1.29 is 18.3 Å². The molecule has 1 rings (SSSR count). The fourth-order valence-corrected chi connectivity index (χ4v) is 1.75. The van der Waals surface area contributed by atoms with Gasteiger partial charge in [-0.3, -0.25) is 0 Å². The maximum absolute atomic E-state index is 12.7. The molecule has 15 heavy (non-hydrogen) atoms. The van der Waals surface area contributed by atoms with Gasteiger partial charge in [-0.1, -0.05) is 31.2 Å². The van der Waals surface area contributed by atoms with Crippen LogP contribution in [0.5, 0.6) is 0 Å². The number of rotatable bonds is 2. The Balaban J connectivity index is 3.02. The van der Waals surface area contributed by atoms with E-state index < -0.39 is 24.2 Å². The van der Waals surface area contributed by atoms with Crippen molar-refractivity contribution in [2.45, 2.75) is 18.7 Å². The molecule has 1 aliphatic carbocycles. The van der Waals surface area contributed by atoms with Gasteiger partial charge in [-0.15, -0.1) is 0 Å². The first kappa shape index (κ1) is 12.3. The van der Waals surface area contributed by atoms with Crippen molar-refractivity contribution in [3.8, 4) is 0 Å². The lowest BCUT2D eigenvalue weighted by molar-refractivity contribution is -0.272. The van der Waals surface area contributed by atoms with Crippen LogP contribution in [0.4, 0.5) is 13.2 Å². The molecule has 0 saturated heterocycles. The highest BCUT2D eigenvalue weighted by Gasteiger charge is 2.57. The first-order chi connectivity index (χ1) is 6.83. The highest BCUT2D eigenvalue weighted by atomic mass is 19.4. The molecule has 0 aliphatic heterocycles. The van der Waals surface area contributed by atoms with Crippen LogP contribution in [-0.4, -0.2) is 23.4 Å². The molecule has 0 fully saturated rings. The lowest BCUT2D eigenvalue weighted by Crippen LogP contribution is -2.57. The van der Waals surface area contributed by atoms with E-state index in [0.29, 0.717) is 0 Å². The Labute approximate surface area is 86.3 Å². The zero-order chi connectivity index (χ0) is 11.7. The van der Waals surface area contributed by atoms with Crippen LogP contribution in [0, 0.1) is 11.8 Å². The van der Waals surface area contributed by atoms with Gasteiger partial charge in [-0.25, -0.2) is 0 Å². The highest BCUT2D eigenvalue weighted by Crippen LogP contribution is 2.40. The molecule has 1 aliphatic rings. The van der Waals surface area contributed by atoms with Gasteiger partial charge in [0.05, 0.1) is 0 Å². The molecule has 0 spiro atoms. The Morgan fingerprint density at radius 3 is 2.20 bits per heavy atom. The smallest absolute Gasteiger partial charge is 0.379 e. The number of hydrogen-bond acceptors (Lipinski definition) is 2. The molecule has 2 nitrogen and oxygen atoms in total. The zero-order valence-corrected chi connectivity index (χ0v) is 8.33. The van der Waals surface area contributed by atoms with Crippen molar-refractivity contribution in [2.24, 2.45) is 17.6 Å². The Morgan fingerprint density at radius 1 is 1.27 bits per heavy atom. The van der Waals surface area contributed by atoms with Gasteiger partial charge in [0.25, 0.3) is 0 Å². The lowest BCUT2D eigenvalue weighted by atomic mass is 9.76. The molecule has 0 aromatic rings. The first-order valence-corrected chi connectivity index (χ1v) is 4.67. The van der Waals surface area contributed by atoms with Crippen molar-refractivity contribution in [2.75, 3.05) is 6.54 Å². The molecule has 0 heterocycles. The minimum Gasteiger partial charge on any atom is -0.379 e. The van der Waals surface area contributed by atoms with Crippen molar-refractivity contribution in [3.05, 3.63) is 24.3 Å². The van der Waals surface area contributed by atoms with Crippen LogP contribution >= 0.6 is 0 Å². The number of halogens is 3. The third-order valence-corrected chi connectivity index (χ3v) is 2.76. The molecule has 86 valence electrons. The van der Waals surface area contributed by atoms with E-state index in [-0.39, 0.29) is 5.92 Å². The van der Waals surface area contributed by atoms with Crippen molar-refractivity contribution >= 4 is 0 Å². The Bertz CT molecular complexity index is 285. The summed E-state index contributed by atoms with van der Waals surface area (Å²) in [7, 11) is 0. The molecule has 0 aromatic heterocycles. The summed E-state index contributed by atoms with van der Waals surface area (Å²) in [6.07, 6.45) is 1.42. The molecular formula is C10H14F3NO. The average Bonchev–Trinajstić information content (AvgIpc) is 2.15. The van der Waals surface area contributed by atoms with E-state index in [0.717, 1.165) is 0 Å². The molecule has 0 amide bonds. The van der Waals surface area contributed by atoms with Crippen LogP contribution in [0.15, 0.2) is 24.3 Å². The summed E-state index contributed by atoms with van der Waals surface area (Å²) in [6, 6.07) is 0. The van der Waals surface area contributed by atoms with E-state index in [1.807, 2.05) is 0 Å².